The molecular weight excluding hydrogens is 204 g/mol. The molecule has 0 atom stereocenters. The zero-order valence-electron chi connectivity index (χ0n) is 6.70. The van der Waals surface area contributed by atoms with Crippen molar-refractivity contribution in [1.82, 2.24) is 4.98 Å². The van der Waals surface area contributed by atoms with Crippen molar-refractivity contribution >= 4 is 33.8 Å². The Bertz CT molecular complexity index is 386. The van der Waals surface area contributed by atoms with Gasteiger partial charge in [0, 0.05) is 6.20 Å². The molecule has 0 spiro atoms. The summed E-state index contributed by atoms with van der Waals surface area (Å²) in [7, 11) is 0. The van der Waals surface area contributed by atoms with Gasteiger partial charge in [-0.3, -0.25) is 0 Å². The first-order valence-corrected chi connectivity index (χ1v) is 4.97. The number of hydrogen-bond acceptors (Lipinski definition) is 3. The fourth-order valence-electron chi connectivity index (χ4n) is 0.944. The van der Waals surface area contributed by atoms with E-state index in [4.69, 9.17) is 11.6 Å². The summed E-state index contributed by atoms with van der Waals surface area (Å²) in [6.45, 7) is 0. The summed E-state index contributed by atoms with van der Waals surface area (Å²) in [6.07, 6.45) is 1.75. The van der Waals surface area contributed by atoms with Crippen molar-refractivity contribution in [2.75, 3.05) is 5.32 Å². The lowest BCUT2D eigenvalue weighted by atomic mass is 10.4. The summed E-state index contributed by atoms with van der Waals surface area (Å²) in [5.74, 6) is 0.834. The largest absolute Gasteiger partial charge is 0.332 e. The molecule has 2 rings (SSSR count). The molecule has 2 nitrogen and oxygen atoms in total. The summed E-state index contributed by atoms with van der Waals surface area (Å²) >= 11 is 7.28. The maximum Gasteiger partial charge on any atom is 0.130 e. The average Bonchev–Trinajstić information content (AvgIpc) is 2.53. The minimum Gasteiger partial charge on any atom is -0.332 e. The molecule has 0 aliphatic heterocycles. The Morgan fingerprint density at radius 2 is 2.15 bits per heavy atom. The molecule has 0 fully saturated rings. The summed E-state index contributed by atoms with van der Waals surface area (Å²) in [5, 5.41) is 4.15. The highest BCUT2D eigenvalue weighted by Crippen LogP contribution is 2.27. The highest BCUT2D eigenvalue weighted by atomic mass is 35.5. The van der Waals surface area contributed by atoms with Crippen LogP contribution in [0.4, 0.5) is 10.8 Å². The first-order chi connectivity index (χ1) is 6.34. The molecule has 0 amide bonds. The summed E-state index contributed by atoms with van der Waals surface area (Å²) in [6, 6.07) is 9.52. The predicted octanol–water partition coefficient (Wildman–Crippen LogP) is 3.54. The molecule has 0 saturated carbocycles. The van der Waals surface area contributed by atoms with Crippen LogP contribution in [0.5, 0.6) is 0 Å². The third-order valence-electron chi connectivity index (χ3n) is 1.49. The third-order valence-corrected chi connectivity index (χ3v) is 2.64. The van der Waals surface area contributed by atoms with Gasteiger partial charge in [-0.2, -0.15) is 0 Å². The monoisotopic (exact) mass is 210 g/mol. The molecule has 0 radical (unpaired) electrons. The van der Waals surface area contributed by atoms with Crippen LogP contribution >= 0.6 is 22.9 Å². The molecule has 0 aliphatic carbocycles. The lowest BCUT2D eigenvalue weighted by Gasteiger charge is -1.99. The van der Waals surface area contributed by atoms with Crippen molar-refractivity contribution in [1.29, 1.82) is 0 Å². The topological polar surface area (TPSA) is 24.9 Å². The number of anilines is 2. The van der Waals surface area contributed by atoms with Crippen LogP contribution < -0.4 is 5.32 Å². The number of nitrogens with zero attached hydrogens (tertiary/aromatic N) is 1. The van der Waals surface area contributed by atoms with Gasteiger partial charge in [0.05, 0.1) is 9.34 Å². The lowest BCUT2D eigenvalue weighted by Crippen LogP contribution is -1.88. The number of nitrogens with one attached hydrogen (secondary N) is 1. The van der Waals surface area contributed by atoms with E-state index in [0.717, 1.165) is 15.2 Å². The molecule has 0 aliphatic rings. The Balaban J connectivity index is 2.15. The van der Waals surface area contributed by atoms with Crippen LogP contribution in [-0.4, -0.2) is 4.98 Å². The van der Waals surface area contributed by atoms with Crippen molar-refractivity contribution in [2.45, 2.75) is 0 Å². The molecule has 0 bridgehead atoms. The fourth-order valence-corrected chi connectivity index (χ4v) is 1.89. The second kappa shape index (κ2) is 3.77. The van der Waals surface area contributed by atoms with Gasteiger partial charge in [0.1, 0.15) is 5.82 Å². The van der Waals surface area contributed by atoms with Crippen LogP contribution in [0.25, 0.3) is 0 Å². The van der Waals surface area contributed by atoms with Gasteiger partial charge in [-0.25, -0.2) is 4.98 Å². The number of thiophene rings is 1. The molecule has 2 aromatic rings. The van der Waals surface area contributed by atoms with Gasteiger partial charge < -0.3 is 5.32 Å². The summed E-state index contributed by atoms with van der Waals surface area (Å²) in [4.78, 5) is 4.14. The quantitative estimate of drug-likeness (QED) is 0.820. The van der Waals surface area contributed by atoms with Gasteiger partial charge in [0.15, 0.2) is 0 Å². The number of pyridine rings is 1. The predicted molar refractivity (Wildman–Crippen MR) is 56.8 cm³/mol. The van der Waals surface area contributed by atoms with E-state index in [1.54, 1.807) is 6.20 Å². The first-order valence-electron chi connectivity index (χ1n) is 3.78. The van der Waals surface area contributed by atoms with E-state index in [1.165, 1.54) is 11.3 Å². The molecule has 0 unspecified atom stereocenters. The van der Waals surface area contributed by atoms with Crippen LogP contribution in [-0.2, 0) is 0 Å². The first kappa shape index (κ1) is 8.53. The van der Waals surface area contributed by atoms with E-state index in [9.17, 15) is 0 Å². The van der Waals surface area contributed by atoms with Gasteiger partial charge in [-0.05, 0) is 24.3 Å². The van der Waals surface area contributed by atoms with Gasteiger partial charge >= 0.3 is 0 Å². The minimum absolute atomic E-state index is 0.776. The number of halogens is 1. The maximum atomic E-state index is 5.78. The van der Waals surface area contributed by atoms with E-state index in [1.807, 2.05) is 30.3 Å². The van der Waals surface area contributed by atoms with E-state index in [-0.39, 0.29) is 0 Å². The highest BCUT2D eigenvalue weighted by molar-refractivity contribution is 7.19. The van der Waals surface area contributed by atoms with Gasteiger partial charge in [-0.15, -0.1) is 11.3 Å². The van der Waals surface area contributed by atoms with Gasteiger partial charge in [0.2, 0.25) is 0 Å². The number of aromatic nitrogens is 1. The summed E-state index contributed by atoms with van der Waals surface area (Å²) < 4.78 is 0.776. The van der Waals surface area contributed by atoms with Crippen molar-refractivity contribution in [3.8, 4) is 0 Å². The third kappa shape index (κ3) is 2.20. The van der Waals surface area contributed by atoms with Gasteiger partial charge in [0.25, 0.3) is 0 Å². The Morgan fingerprint density at radius 1 is 1.23 bits per heavy atom. The zero-order valence-corrected chi connectivity index (χ0v) is 8.27. The Kier molecular flexibility index (Phi) is 2.47. The van der Waals surface area contributed by atoms with E-state index < -0.39 is 0 Å². The summed E-state index contributed by atoms with van der Waals surface area (Å²) in [5.41, 5.74) is 0. The van der Waals surface area contributed by atoms with Crippen molar-refractivity contribution in [3.63, 3.8) is 0 Å². The second-order valence-electron chi connectivity index (χ2n) is 2.44. The molecule has 2 aromatic heterocycles. The van der Waals surface area contributed by atoms with E-state index in [0.29, 0.717) is 0 Å². The molecule has 0 saturated heterocycles. The van der Waals surface area contributed by atoms with Gasteiger partial charge in [-0.1, -0.05) is 17.7 Å². The highest BCUT2D eigenvalue weighted by Gasteiger charge is 1.97. The maximum absolute atomic E-state index is 5.78. The van der Waals surface area contributed by atoms with E-state index in [2.05, 4.69) is 10.3 Å². The standard InChI is InChI=1S/C9H7ClN2S/c10-7-4-5-9(13-7)12-8-3-1-2-6-11-8/h1-6H,(H,11,12). The second-order valence-corrected chi connectivity index (χ2v) is 4.16. The number of rotatable bonds is 2. The fraction of sp³-hybridized carbons (Fsp3) is 0. The number of hydrogen-bond donors (Lipinski definition) is 1. The molecular formula is C9H7ClN2S. The zero-order chi connectivity index (χ0) is 9.10. The van der Waals surface area contributed by atoms with Crippen molar-refractivity contribution in [2.24, 2.45) is 0 Å². The Hall–Kier alpha value is -1.06. The minimum atomic E-state index is 0.776. The molecule has 4 heteroatoms. The molecule has 2 heterocycles. The SMILES string of the molecule is Clc1ccc(Nc2ccccn2)s1. The van der Waals surface area contributed by atoms with Crippen LogP contribution in [0.1, 0.15) is 0 Å². The molecule has 0 aromatic carbocycles. The van der Waals surface area contributed by atoms with Crippen molar-refractivity contribution in [3.05, 3.63) is 40.9 Å². The Morgan fingerprint density at radius 3 is 2.77 bits per heavy atom. The van der Waals surface area contributed by atoms with Crippen molar-refractivity contribution < 1.29 is 0 Å². The lowest BCUT2D eigenvalue weighted by molar-refractivity contribution is 1.32. The van der Waals surface area contributed by atoms with E-state index >= 15 is 0 Å². The molecule has 66 valence electrons. The van der Waals surface area contributed by atoms with Crippen LogP contribution in [0.2, 0.25) is 4.34 Å². The van der Waals surface area contributed by atoms with Crippen LogP contribution in [0, 0.1) is 0 Å². The average molecular weight is 211 g/mol. The van der Waals surface area contributed by atoms with Crippen LogP contribution in [0.15, 0.2) is 36.5 Å². The molecule has 13 heavy (non-hydrogen) atoms. The Labute approximate surface area is 85.2 Å². The molecule has 1 N–H and O–H groups in total. The van der Waals surface area contributed by atoms with Crippen LogP contribution in [0.3, 0.4) is 0 Å². The normalized spacial score (nSPS) is 9.92. The smallest absolute Gasteiger partial charge is 0.130 e.